The van der Waals surface area contributed by atoms with Crippen LogP contribution in [-0.4, -0.2) is 16.9 Å². The van der Waals surface area contributed by atoms with Crippen LogP contribution in [0.5, 0.6) is 0 Å². The highest BCUT2D eigenvalue weighted by Crippen LogP contribution is 2.28. The van der Waals surface area contributed by atoms with Crippen LogP contribution >= 0.6 is 11.8 Å². The largest absolute Gasteiger partial charge is 1.00 e. The first-order valence-electron chi connectivity index (χ1n) is 3.62. The van der Waals surface area contributed by atoms with E-state index in [9.17, 15) is 4.79 Å². The summed E-state index contributed by atoms with van der Waals surface area (Å²) < 4.78 is 0. The zero-order chi connectivity index (χ0) is 7.72. The predicted molar refractivity (Wildman–Crippen MR) is 42.5 cm³/mol. The van der Waals surface area contributed by atoms with Crippen LogP contribution in [0, 0.1) is 11.8 Å². The van der Waals surface area contributed by atoms with Gasteiger partial charge in [0.25, 0.3) is 0 Å². The Balaban J connectivity index is 0.000001000. The van der Waals surface area contributed by atoms with E-state index in [0.29, 0.717) is 11.8 Å². The highest BCUT2D eigenvalue weighted by molar-refractivity contribution is 8.14. The molecule has 0 amide bonds. The van der Waals surface area contributed by atoms with Gasteiger partial charge in [-0.2, -0.15) is 0 Å². The molecule has 0 aliphatic carbocycles. The lowest BCUT2D eigenvalue weighted by Crippen LogP contribution is -3.00. The average molecular weight is 196 g/mol. The molecule has 1 aliphatic rings. The lowest BCUT2D eigenvalue weighted by atomic mass is 9.92. The Morgan fingerprint density at radius 3 is 2.36 bits per heavy atom. The van der Waals surface area contributed by atoms with Gasteiger partial charge in [-0.15, -0.1) is 0 Å². The van der Waals surface area contributed by atoms with Crippen molar-refractivity contribution in [2.24, 2.45) is 11.8 Å². The third-order valence-electron chi connectivity index (χ3n) is 2.09. The second-order valence-corrected chi connectivity index (χ2v) is 4.17. The normalized spacial score (nSPS) is 30.7. The molecule has 11 heavy (non-hydrogen) atoms. The van der Waals surface area contributed by atoms with Gasteiger partial charge >= 0.3 is 0 Å². The Labute approximate surface area is 77.7 Å². The smallest absolute Gasteiger partial charge is 0.246 e. The van der Waals surface area contributed by atoms with Crippen LogP contribution in [0.15, 0.2) is 0 Å². The third-order valence-corrected chi connectivity index (χ3v) is 3.23. The van der Waals surface area contributed by atoms with Crippen molar-refractivity contribution in [3.63, 3.8) is 0 Å². The molecule has 0 radical (unpaired) electrons. The first kappa shape index (κ1) is 11.3. The Morgan fingerprint density at radius 2 is 2.18 bits per heavy atom. The molecule has 1 fully saturated rings. The molecule has 0 saturated carbocycles. The van der Waals surface area contributed by atoms with E-state index in [4.69, 9.17) is 0 Å². The molecule has 66 valence electrons. The number of carbonyl (C=O) groups excluding carboxylic acids is 1. The van der Waals surface area contributed by atoms with E-state index in [1.807, 2.05) is 0 Å². The van der Waals surface area contributed by atoms with E-state index in [-0.39, 0.29) is 23.6 Å². The number of thioether (sulfide) groups is 1. The summed E-state index contributed by atoms with van der Waals surface area (Å²) in [7, 11) is 0. The minimum absolute atomic E-state index is 0. The molecular weight excluding hydrogens is 182 g/mol. The van der Waals surface area contributed by atoms with Gasteiger partial charge in [-0.05, 0) is 5.92 Å². The lowest BCUT2D eigenvalue weighted by molar-refractivity contribution is -0.413. The predicted octanol–water partition coefficient (Wildman–Crippen LogP) is -2.85. The second kappa shape index (κ2) is 4.33. The molecule has 0 aromatic heterocycles. The molecule has 0 aromatic carbocycles. The van der Waals surface area contributed by atoms with E-state index < -0.39 is 0 Å². The van der Waals surface area contributed by atoms with Crippen molar-refractivity contribution in [2.45, 2.75) is 19.9 Å². The zero-order valence-corrected chi connectivity index (χ0v) is 8.41. The number of hydrogen-bond acceptors (Lipinski definition) is 2. The standard InChI is InChI=1S/C7H13NOS.ClH/c1-4(2)5-3-10-7(9)6(5)8;/h4-6H,3,8H2,1-2H3;1H. The molecule has 1 saturated heterocycles. The van der Waals surface area contributed by atoms with Crippen molar-refractivity contribution in [1.82, 2.24) is 0 Å². The monoisotopic (exact) mass is 195 g/mol. The molecule has 0 aromatic rings. The van der Waals surface area contributed by atoms with Crippen molar-refractivity contribution >= 4 is 16.9 Å². The van der Waals surface area contributed by atoms with Gasteiger partial charge in [0.05, 0.1) is 0 Å². The maximum atomic E-state index is 11.0. The SMILES string of the molecule is CC(C)C1CSC(=O)C1[NH3+].[Cl-]. The fourth-order valence-electron chi connectivity index (χ4n) is 1.23. The number of rotatable bonds is 1. The summed E-state index contributed by atoms with van der Waals surface area (Å²) in [6.45, 7) is 4.31. The molecule has 2 nitrogen and oxygen atoms in total. The van der Waals surface area contributed by atoms with Crippen LogP contribution in [0.1, 0.15) is 13.8 Å². The molecular formula is C7H14ClNOS. The highest BCUT2D eigenvalue weighted by Gasteiger charge is 2.37. The van der Waals surface area contributed by atoms with Crippen LogP contribution in [0.4, 0.5) is 0 Å². The van der Waals surface area contributed by atoms with Crippen molar-refractivity contribution < 1.29 is 22.9 Å². The van der Waals surface area contributed by atoms with Gasteiger partial charge in [0, 0.05) is 11.7 Å². The van der Waals surface area contributed by atoms with E-state index >= 15 is 0 Å². The van der Waals surface area contributed by atoms with E-state index in [0.717, 1.165) is 5.75 Å². The summed E-state index contributed by atoms with van der Waals surface area (Å²) in [6, 6.07) is 0.0463. The van der Waals surface area contributed by atoms with Gasteiger partial charge in [0.1, 0.15) is 0 Å². The average Bonchev–Trinajstić information content (AvgIpc) is 2.14. The fourth-order valence-corrected chi connectivity index (χ4v) is 2.60. The summed E-state index contributed by atoms with van der Waals surface area (Å²) in [5.74, 6) is 2.09. The maximum Gasteiger partial charge on any atom is 0.246 e. The fraction of sp³-hybridized carbons (Fsp3) is 0.857. The van der Waals surface area contributed by atoms with Crippen LogP contribution < -0.4 is 18.1 Å². The Bertz CT molecular complexity index is 151. The van der Waals surface area contributed by atoms with Gasteiger partial charge in [-0.1, -0.05) is 25.6 Å². The molecule has 3 N–H and O–H groups in total. The van der Waals surface area contributed by atoms with Gasteiger partial charge in [-0.3, -0.25) is 4.79 Å². The molecule has 2 atom stereocenters. The summed E-state index contributed by atoms with van der Waals surface area (Å²) in [6.07, 6.45) is 0. The maximum absolute atomic E-state index is 11.0. The zero-order valence-electron chi connectivity index (χ0n) is 6.84. The van der Waals surface area contributed by atoms with Gasteiger partial charge < -0.3 is 18.1 Å². The number of carbonyl (C=O) groups is 1. The quantitative estimate of drug-likeness (QED) is 0.490. The first-order valence-corrected chi connectivity index (χ1v) is 4.61. The van der Waals surface area contributed by atoms with Crippen molar-refractivity contribution in [3.05, 3.63) is 0 Å². The molecule has 0 bridgehead atoms. The molecule has 2 unspecified atom stereocenters. The number of hydrogen-bond donors (Lipinski definition) is 1. The molecule has 1 rings (SSSR count). The number of halogens is 1. The Kier molecular flexibility index (Phi) is 4.44. The van der Waals surface area contributed by atoms with Crippen molar-refractivity contribution in [1.29, 1.82) is 0 Å². The van der Waals surface area contributed by atoms with Crippen LogP contribution in [0.25, 0.3) is 0 Å². The minimum Gasteiger partial charge on any atom is -1.00 e. The van der Waals surface area contributed by atoms with E-state index in [1.54, 1.807) is 0 Å². The van der Waals surface area contributed by atoms with Crippen LogP contribution in [0.2, 0.25) is 0 Å². The molecule has 0 spiro atoms. The Hall–Kier alpha value is 0.270. The minimum atomic E-state index is 0. The Morgan fingerprint density at radius 1 is 1.64 bits per heavy atom. The van der Waals surface area contributed by atoms with E-state index in [1.165, 1.54) is 11.8 Å². The number of quaternary nitrogens is 1. The van der Waals surface area contributed by atoms with Crippen LogP contribution in [-0.2, 0) is 4.79 Å². The molecule has 4 heteroatoms. The first-order chi connectivity index (χ1) is 4.63. The molecule has 1 heterocycles. The lowest BCUT2D eigenvalue weighted by Gasteiger charge is -2.13. The van der Waals surface area contributed by atoms with Crippen molar-refractivity contribution in [2.75, 3.05) is 5.75 Å². The summed E-state index contributed by atoms with van der Waals surface area (Å²) in [5.41, 5.74) is 3.85. The highest BCUT2D eigenvalue weighted by atomic mass is 35.5. The second-order valence-electron chi connectivity index (χ2n) is 3.14. The third kappa shape index (κ3) is 2.36. The van der Waals surface area contributed by atoms with Gasteiger partial charge in [-0.25, -0.2) is 0 Å². The molecule has 1 aliphatic heterocycles. The van der Waals surface area contributed by atoms with Gasteiger partial charge in [0.15, 0.2) is 6.04 Å². The van der Waals surface area contributed by atoms with Crippen LogP contribution in [0.3, 0.4) is 0 Å². The van der Waals surface area contributed by atoms with Crippen molar-refractivity contribution in [3.8, 4) is 0 Å². The summed E-state index contributed by atoms with van der Waals surface area (Å²) in [5, 5.41) is 0.277. The van der Waals surface area contributed by atoms with E-state index in [2.05, 4.69) is 19.6 Å². The summed E-state index contributed by atoms with van der Waals surface area (Å²) >= 11 is 1.44. The van der Waals surface area contributed by atoms with Gasteiger partial charge in [0.2, 0.25) is 5.12 Å². The topological polar surface area (TPSA) is 44.7 Å². The summed E-state index contributed by atoms with van der Waals surface area (Å²) in [4.78, 5) is 11.0.